The van der Waals surface area contributed by atoms with Crippen LogP contribution in [0.3, 0.4) is 0 Å². The van der Waals surface area contributed by atoms with Gasteiger partial charge in [-0.15, -0.1) is 50.9 Å². The van der Waals surface area contributed by atoms with Gasteiger partial charge in [-0.3, -0.25) is 0 Å². The molecule has 0 heterocycles. The minimum atomic E-state index is -0.611. The molecule has 0 saturated carbocycles. The van der Waals surface area contributed by atoms with Gasteiger partial charge in [0.15, 0.2) is 0 Å². The molecule has 0 N–H and O–H groups in total. The molecule has 0 aliphatic rings. The zero-order valence-electron chi connectivity index (χ0n) is 5.72. The molecule has 0 saturated heterocycles. The molecule has 0 radical (unpaired) electrons. The van der Waals surface area contributed by atoms with Gasteiger partial charge >= 0.3 is 33.9 Å². The van der Waals surface area contributed by atoms with E-state index in [1.54, 1.807) is 0 Å². The van der Waals surface area contributed by atoms with Crippen LogP contribution in [0.1, 0.15) is 0 Å². The Hall–Kier alpha value is 1.87. The van der Waals surface area contributed by atoms with E-state index in [2.05, 4.69) is 26.7 Å². The SMILES string of the molecule is Br.Br.Br.C[PH](C)(C)C. The van der Waals surface area contributed by atoms with E-state index in [4.69, 9.17) is 0 Å². The standard InChI is InChI=1S/C4H13P.3BrH/c1-5(2,3)4;;;/h5H,1-4H3;3*1H. The van der Waals surface area contributed by atoms with Gasteiger partial charge in [0, 0.05) is 0 Å². The van der Waals surface area contributed by atoms with Crippen LogP contribution in [-0.2, 0) is 0 Å². The van der Waals surface area contributed by atoms with Crippen LogP contribution in [-0.4, -0.2) is 26.7 Å². The van der Waals surface area contributed by atoms with Crippen LogP contribution in [0.5, 0.6) is 0 Å². The van der Waals surface area contributed by atoms with Crippen molar-refractivity contribution in [3.8, 4) is 0 Å². The fourth-order valence-corrected chi connectivity index (χ4v) is 0. The molecule has 0 unspecified atom stereocenters. The van der Waals surface area contributed by atoms with Crippen LogP contribution < -0.4 is 0 Å². The molecule has 0 aromatic rings. The van der Waals surface area contributed by atoms with Crippen LogP contribution in [0.25, 0.3) is 0 Å². The number of hydrogen-bond acceptors (Lipinski definition) is 0. The van der Waals surface area contributed by atoms with Gasteiger partial charge < -0.3 is 0 Å². The topological polar surface area (TPSA) is 0 Å². The number of rotatable bonds is 0. The summed E-state index contributed by atoms with van der Waals surface area (Å²) in [6, 6.07) is 0. The first-order chi connectivity index (χ1) is 2.00. The van der Waals surface area contributed by atoms with E-state index in [1.807, 2.05) is 0 Å². The summed E-state index contributed by atoms with van der Waals surface area (Å²) in [6.07, 6.45) is 0. The van der Waals surface area contributed by atoms with Crippen molar-refractivity contribution >= 4 is 58.2 Å². The Labute approximate surface area is 84.5 Å². The number of hydrogen-bond donors (Lipinski definition) is 0. The van der Waals surface area contributed by atoms with Crippen molar-refractivity contribution in [2.45, 2.75) is 0 Å². The number of halogens is 3. The van der Waals surface area contributed by atoms with Crippen molar-refractivity contribution in [3.05, 3.63) is 0 Å². The maximum atomic E-state index is 2.33. The van der Waals surface area contributed by atoms with Crippen molar-refractivity contribution in [3.63, 3.8) is 0 Å². The monoisotopic (exact) mass is 332 g/mol. The molecule has 0 spiro atoms. The maximum absolute atomic E-state index is 2.33. The third-order valence-corrected chi connectivity index (χ3v) is 0. The normalized spacial score (nSPS) is 9.50. The molecule has 8 heavy (non-hydrogen) atoms. The van der Waals surface area contributed by atoms with Crippen LogP contribution in [0.2, 0.25) is 0 Å². The molecule has 0 aliphatic carbocycles. The third-order valence-electron chi connectivity index (χ3n) is 0. The van der Waals surface area contributed by atoms with Crippen molar-refractivity contribution in [1.82, 2.24) is 0 Å². The summed E-state index contributed by atoms with van der Waals surface area (Å²) in [7, 11) is -0.611. The summed E-state index contributed by atoms with van der Waals surface area (Å²) in [5.41, 5.74) is 0. The molecule has 58 valence electrons. The van der Waals surface area contributed by atoms with Gasteiger partial charge in [0.25, 0.3) is 0 Å². The van der Waals surface area contributed by atoms with Gasteiger partial charge in [-0.05, 0) is 0 Å². The van der Waals surface area contributed by atoms with Crippen molar-refractivity contribution in [2.24, 2.45) is 0 Å². The molecule has 0 rings (SSSR count). The predicted octanol–water partition coefficient (Wildman–Crippen LogP) is 2.99. The van der Waals surface area contributed by atoms with E-state index >= 15 is 0 Å². The average Bonchev–Trinajstić information content (AvgIpc) is 0.722. The molecule has 0 bridgehead atoms. The van der Waals surface area contributed by atoms with Gasteiger partial charge in [0.1, 0.15) is 0 Å². The summed E-state index contributed by atoms with van der Waals surface area (Å²) in [5, 5.41) is 0. The van der Waals surface area contributed by atoms with Crippen LogP contribution >= 0.6 is 58.2 Å². The molecular weight excluding hydrogens is 319 g/mol. The Bertz CT molecular complexity index is 26.8. The molecule has 0 nitrogen and oxygen atoms in total. The fraction of sp³-hybridized carbons (Fsp3) is 1.00. The first-order valence-electron chi connectivity index (χ1n) is 2.00. The van der Waals surface area contributed by atoms with Gasteiger partial charge in [0.05, 0.1) is 0 Å². The molecule has 0 aromatic heterocycles. The molecule has 4 heteroatoms. The van der Waals surface area contributed by atoms with Gasteiger partial charge in [-0.25, -0.2) is 0 Å². The Morgan fingerprint density at radius 2 is 0.625 bits per heavy atom. The fourth-order valence-electron chi connectivity index (χ4n) is 0. The molecule has 0 fully saturated rings. The molecule has 0 aliphatic heterocycles. The second kappa shape index (κ2) is 8.87. The summed E-state index contributed by atoms with van der Waals surface area (Å²) < 4.78 is 0. The summed E-state index contributed by atoms with van der Waals surface area (Å²) >= 11 is 0. The second-order valence-electron chi connectivity index (χ2n) is 3.00. The van der Waals surface area contributed by atoms with Crippen LogP contribution in [0.15, 0.2) is 0 Å². The van der Waals surface area contributed by atoms with Crippen molar-refractivity contribution in [2.75, 3.05) is 26.7 Å². The van der Waals surface area contributed by atoms with Gasteiger partial charge in [0.2, 0.25) is 0 Å². The zero-order chi connectivity index (χ0) is 4.50. The third kappa shape index (κ3) is 106. The van der Waals surface area contributed by atoms with Gasteiger partial charge in [-0.2, -0.15) is 0 Å². The second-order valence-corrected chi connectivity index (χ2v) is 9.00. The first kappa shape index (κ1) is 22.5. The van der Waals surface area contributed by atoms with E-state index < -0.39 is 7.26 Å². The Morgan fingerprint density at radius 3 is 0.625 bits per heavy atom. The Kier molecular flexibility index (Phi) is 25.0. The van der Waals surface area contributed by atoms with Crippen molar-refractivity contribution < 1.29 is 0 Å². The summed E-state index contributed by atoms with van der Waals surface area (Å²) in [6.45, 7) is 9.31. The van der Waals surface area contributed by atoms with E-state index in [9.17, 15) is 0 Å². The zero-order valence-corrected chi connectivity index (χ0v) is 11.9. The van der Waals surface area contributed by atoms with Gasteiger partial charge in [-0.1, -0.05) is 0 Å². The summed E-state index contributed by atoms with van der Waals surface area (Å²) in [4.78, 5) is 0. The average molecular weight is 335 g/mol. The quantitative estimate of drug-likeness (QED) is 0.597. The molecular formula is C4H16Br3P. The Morgan fingerprint density at radius 1 is 0.625 bits per heavy atom. The Balaban J connectivity index is -0.0000000267. The minimum absolute atomic E-state index is 0. The molecule has 0 aromatic carbocycles. The van der Waals surface area contributed by atoms with E-state index in [0.717, 1.165) is 0 Å². The van der Waals surface area contributed by atoms with Crippen LogP contribution in [0, 0.1) is 0 Å². The van der Waals surface area contributed by atoms with E-state index in [0.29, 0.717) is 0 Å². The summed E-state index contributed by atoms with van der Waals surface area (Å²) in [5.74, 6) is 0. The van der Waals surface area contributed by atoms with Crippen LogP contribution in [0.4, 0.5) is 0 Å². The molecule has 0 amide bonds. The molecule has 0 atom stereocenters. The van der Waals surface area contributed by atoms with Crippen molar-refractivity contribution in [1.29, 1.82) is 0 Å². The van der Waals surface area contributed by atoms with E-state index in [1.165, 1.54) is 0 Å². The first-order valence-corrected chi connectivity index (χ1v) is 6.00. The van der Waals surface area contributed by atoms with E-state index in [-0.39, 0.29) is 50.9 Å². The predicted molar refractivity (Wildman–Crippen MR) is 63.0 cm³/mol.